The summed E-state index contributed by atoms with van der Waals surface area (Å²) in [5.74, 6) is -1.98. The van der Waals surface area contributed by atoms with E-state index >= 15 is 0 Å². The molecule has 2 aromatic carbocycles. The molecular weight excluding hydrogens is 417 g/mol. The van der Waals surface area contributed by atoms with Gasteiger partial charge in [0.25, 0.3) is 0 Å². The topological polar surface area (TPSA) is 70.7 Å². The Kier molecular flexibility index (Phi) is 4.64. The summed E-state index contributed by atoms with van der Waals surface area (Å²) < 4.78 is 19.2. The first kappa shape index (κ1) is 19.8. The maximum atomic E-state index is 13.3. The number of carbonyl (C=O) groups excluding carboxylic acids is 2. The summed E-state index contributed by atoms with van der Waals surface area (Å²) in [6.07, 6.45) is 3.27. The normalized spacial score (nSPS) is 28.2. The van der Waals surface area contributed by atoms with Crippen molar-refractivity contribution in [2.75, 3.05) is 16.8 Å². The zero-order valence-electron chi connectivity index (χ0n) is 16.7. The number of amides is 2. The third kappa shape index (κ3) is 3.23. The highest BCUT2D eigenvalue weighted by atomic mass is 32.1. The zero-order valence-corrected chi connectivity index (χ0v) is 17.5. The van der Waals surface area contributed by atoms with Crippen molar-refractivity contribution in [2.45, 2.75) is 18.6 Å². The minimum absolute atomic E-state index is 0.231. The molecule has 0 aromatic heterocycles. The van der Waals surface area contributed by atoms with Gasteiger partial charge in [0.05, 0.1) is 30.2 Å². The van der Waals surface area contributed by atoms with Gasteiger partial charge in [0.1, 0.15) is 11.4 Å². The molecule has 4 atom stereocenters. The number of halogens is 1. The second-order valence-electron chi connectivity index (χ2n) is 8.06. The van der Waals surface area contributed by atoms with Crippen LogP contribution in [0.15, 0.2) is 60.7 Å². The summed E-state index contributed by atoms with van der Waals surface area (Å²) in [4.78, 5) is 27.7. The lowest BCUT2D eigenvalue weighted by atomic mass is 9.77. The van der Waals surface area contributed by atoms with Gasteiger partial charge in [-0.25, -0.2) is 9.29 Å². The Morgan fingerprint density at radius 2 is 1.84 bits per heavy atom. The summed E-state index contributed by atoms with van der Waals surface area (Å²) in [5, 5.41) is 6.38. The third-order valence-electron chi connectivity index (χ3n) is 6.07. The number of thiocarbonyl (C=S) groups is 1. The van der Waals surface area contributed by atoms with E-state index in [1.807, 2.05) is 31.2 Å². The SMILES string of the molecule is Cc1ccc(N2C(=O)[C@H]3[C@H]4C=C[C@@](CNC(=S)Nc5ccc(F)cc5)(O4)[C@H]3C2=O)cc1. The van der Waals surface area contributed by atoms with E-state index in [1.54, 1.807) is 24.3 Å². The second-order valence-corrected chi connectivity index (χ2v) is 8.47. The van der Waals surface area contributed by atoms with Crippen molar-refractivity contribution in [3.05, 3.63) is 72.1 Å². The van der Waals surface area contributed by atoms with Crippen LogP contribution in [0.1, 0.15) is 5.56 Å². The smallest absolute Gasteiger partial charge is 0.241 e. The van der Waals surface area contributed by atoms with Gasteiger partial charge in [0.2, 0.25) is 11.8 Å². The summed E-state index contributed by atoms with van der Waals surface area (Å²) in [7, 11) is 0. The van der Waals surface area contributed by atoms with E-state index < -0.39 is 23.5 Å². The van der Waals surface area contributed by atoms with Crippen LogP contribution in [0, 0.1) is 24.6 Å². The Balaban J connectivity index is 1.33. The Labute approximate surface area is 184 Å². The van der Waals surface area contributed by atoms with Gasteiger partial charge in [-0.1, -0.05) is 29.8 Å². The first-order chi connectivity index (χ1) is 14.9. The molecule has 0 radical (unpaired) electrons. The zero-order chi connectivity index (χ0) is 21.8. The van der Waals surface area contributed by atoms with E-state index in [9.17, 15) is 14.0 Å². The maximum absolute atomic E-state index is 13.3. The third-order valence-corrected chi connectivity index (χ3v) is 6.32. The molecule has 2 N–H and O–H groups in total. The highest BCUT2D eigenvalue weighted by Gasteiger charge is 2.67. The van der Waals surface area contributed by atoms with E-state index in [1.165, 1.54) is 17.0 Å². The number of carbonyl (C=O) groups is 2. The first-order valence-corrected chi connectivity index (χ1v) is 10.4. The molecule has 2 aromatic rings. The number of nitrogens with one attached hydrogen (secondary N) is 2. The van der Waals surface area contributed by atoms with Crippen LogP contribution in [0.5, 0.6) is 0 Å². The Hall–Kier alpha value is -3.10. The fourth-order valence-electron chi connectivity index (χ4n) is 4.58. The molecule has 0 aliphatic carbocycles. The van der Waals surface area contributed by atoms with Gasteiger partial charge < -0.3 is 15.4 Å². The van der Waals surface area contributed by atoms with E-state index in [4.69, 9.17) is 17.0 Å². The molecule has 3 heterocycles. The number of benzene rings is 2. The van der Waals surface area contributed by atoms with Gasteiger partial charge in [-0.2, -0.15) is 0 Å². The van der Waals surface area contributed by atoms with Gasteiger partial charge in [0.15, 0.2) is 5.11 Å². The van der Waals surface area contributed by atoms with Gasteiger partial charge in [-0.05, 0) is 55.5 Å². The average Bonchev–Trinajstić information content (AvgIpc) is 3.40. The van der Waals surface area contributed by atoms with Crippen molar-refractivity contribution >= 4 is 40.5 Å². The van der Waals surface area contributed by atoms with Crippen LogP contribution in [-0.2, 0) is 14.3 Å². The number of imide groups is 1. The van der Waals surface area contributed by atoms with E-state index in [2.05, 4.69) is 10.6 Å². The Bertz CT molecular complexity index is 1100. The molecule has 2 fully saturated rings. The highest BCUT2D eigenvalue weighted by Crippen LogP contribution is 2.52. The van der Waals surface area contributed by atoms with Crippen molar-refractivity contribution in [2.24, 2.45) is 11.8 Å². The van der Waals surface area contributed by atoms with Crippen molar-refractivity contribution in [1.82, 2.24) is 5.32 Å². The lowest BCUT2D eigenvalue weighted by Gasteiger charge is -2.29. The molecule has 0 spiro atoms. The summed E-state index contributed by atoms with van der Waals surface area (Å²) in [6.45, 7) is 2.18. The summed E-state index contributed by atoms with van der Waals surface area (Å²) in [5.41, 5.74) is 1.32. The Morgan fingerprint density at radius 3 is 2.55 bits per heavy atom. The lowest BCUT2D eigenvalue weighted by molar-refractivity contribution is -0.126. The van der Waals surface area contributed by atoms with Crippen LogP contribution in [0.25, 0.3) is 0 Å². The van der Waals surface area contributed by atoms with Crippen LogP contribution in [0.2, 0.25) is 0 Å². The van der Waals surface area contributed by atoms with Gasteiger partial charge >= 0.3 is 0 Å². The van der Waals surface area contributed by atoms with E-state index in [0.717, 1.165) is 5.56 Å². The monoisotopic (exact) mass is 437 g/mol. The molecule has 5 rings (SSSR count). The van der Waals surface area contributed by atoms with Crippen molar-refractivity contribution in [3.8, 4) is 0 Å². The maximum Gasteiger partial charge on any atom is 0.241 e. The molecule has 2 bridgehead atoms. The number of anilines is 2. The van der Waals surface area contributed by atoms with Crippen LogP contribution in [0.3, 0.4) is 0 Å². The number of rotatable bonds is 4. The minimum atomic E-state index is -0.948. The van der Waals surface area contributed by atoms with Gasteiger partial charge in [-0.3, -0.25) is 9.59 Å². The molecule has 31 heavy (non-hydrogen) atoms. The predicted molar refractivity (Wildman–Crippen MR) is 118 cm³/mol. The molecule has 3 aliphatic heterocycles. The molecule has 158 valence electrons. The average molecular weight is 437 g/mol. The van der Waals surface area contributed by atoms with Crippen molar-refractivity contribution < 1.29 is 18.7 Å². The summed E-state index contributed by atoms with van der Waals surface area (Å²) >= 11 is 5.34. The fraction of sp³-hybridized carbons (Fsp3) is 0.261. The molecular formula is C23H20FN3O3S. The molecule has 2 saturated heterocycles. The van der Waals surface area contributed by atoms with Crippen LogP contribution in [0.4, 0.5) is 15.8 Å². The van der Waals surface area contributed by atoms with Crippen LogP contribution >= 0.6 is 12.2 Å². The first-order valence-electron chi connectivity index (χ1n) is 10.00. The summed E-state index contributed by atoms with van der Waals surface area (Å²) in [6, 6.07) is 13.2. The molecule has 2 amide bonds. The van der Waals surface area contributed by atoms with E-state index in [0.29, 0.717) is 16.5 Å². The largest absolute Gasteiger partial charge is 0.360 e. The number of nitrogens with zero attached hydrogens (tertiary/aromatic N) is 1. The minimum Gasteiger partial charge on any atom is -0.360 e. The molecule has 0 unspecified atom stereocenters. The van der Waals surface area contributed by atoms with Gasteiger partial charge in [-0.15, -0.1) is 0 Å². The van der Waals surface area contributed by atoms with Crippen molar-refractivity contribution in [3.63, 3.8) is 0 Å². The Morgan fingerprint density at radius 1 is 1.13 bits per heavy atom. The molecule has 0 saturated carbocycles. The molecule has 8 heteroatoms. The fourth-order valence-corrected chi connectivity index (χ4v) is 4.77. The van der Waals surface area contributed by atoms with Crippen molar-refractivity contribution in [1.29, 1.82) is 0 Å². The van der Waals surface area contributed by atoms with Gasteiger partial charge in [0, 0.05) is 5.69 Å². The number of ether oxygens (including phenoxy) is 1. The number of hydrogen-bond donors (Lipinski definition) is 2. The molecule has 3 aliphatic rings. The van der Waals surface area contributed by atoms with Crippen LogP contribution < -0.4 is 15.5 Å². The quantitative estimate of drug-likeness (QED) is 0.436. The number of hydrogen-bond acceptors (Lipinski definition) is 4. The lowest BCUT2D eigenvalue weighted by Crippen LogP contribution is -2.49. The second kappa shape index (κ2) is 7.25. The van der Waals surface area contributed by atoms with E-state index in [-0.39, 0.29) is 24.2 Å². The van der Waals surface area contributed by atoms with Crippen LogP contribution in [-0.4, -0.2) is 35.2 Å². The number of fused-ring (bicyclic) bond motifs is 5. The predicted octanol–water partition coefficient (Wildman–Crippen LogP) is 2.93. The standard InChI is InChI=1S/C23H20FN3O3S/c1-13-2-8-16(9-3-13)27-20(28)18-17-10-11-23(30-17,19(18)21(27)29)12-25-22(31)26-15-6-4-14(24)5-7-15/h2-11,17-19H,12H2,1H3,(H2,25,26,31)/t17-,18+,19-,23+/m1/s1. The number of aryl methyl sites for hydroxylation is 1. The molecule has 6 nitrogen and oxygen atoms in total. The highest BCUT2D eigenvalue weighted by molar-refractivity contribution is 7.80.